The smallest absolute Gasteiger partial charge is 0.138 e. The zero-order chi connectivity index (χ0) is 18.9. The summed E-state index contributed by atoms with van der Waals surface area (Å²) in [6.45, 7) is 3.75. The molecule has 140 valence electrons. The molecular formula is C23H23N5. The number of rotatable bonds is 5. The van der Waals surface area contributed by atoms with E-state index in [2.05, 4.69) is 86.0 Å². The van der Waals surface area contributed by atoms with Gasteiger partial charge in [0.25, 0.3) is 0 Å². The van der Waals surface area contributed by atoms with Gasteiger partial charge in [-0.2, -0.15) is 0 Å². The average molecular weight is 369 g/mol. The largest absolute Gasteiger partial charge is 0.370 e. The molecule has 5 rings (SSSR count). The molecule has 0 spiro atoms. The molecule has 4 aromatic rings. The monoisotopic (exact) mass is 369 g/mol. The lowest BCUT2D eigenvalue weighted by molar-refractivity contribution is 0.936. The molecule has 2 N–H and O–H groups in total. The summed E-state index contributed by atoms with van der Waals surface area (Å²) >= 11 is 0. The maximum atomic E-state index is 4.68. The highest BCUT2D eigenvalue weighted by molar-refractivity contribution is 5.83. The topological polar surface area (TPSA) is 56.8 Å². The molecule has 0 saturated carbocycles. The van der Waals surface area contributed by atoms with Crippen molar-refractivity contribution in [3.8, 4) is 0 Å². The van der Waals surface area contributed by atoms with Gasteiger partial charge < -0.3 is 15.2 Å². The van der Waals surface area contributed by atoms with Crippen molar-refractivity contribution in [2.45, 2.75) is 19.8 Å². The van der Waals surface area contributed by atoms with Gasteiger partial charge in [0.1, 0.15) is 17.5 Å². The van der Waals surface area contributed by atoms with Crippen LogP contribution >= 0.6 is 0 Å². The van der Waals surface area contributed by atoms with Gasteiger partial charge in [-0.1, -0.05) is 36.4 Å². The van der Waals surface area contributed by atoms with Crippen molar-refractivity contribution in [3.63, 3.8) is 0 Å². The highest BCUT2D eigenvalue weighted by atomic mass is 15.2. The van der Waals surface area contributed by atoms with Crippen LogP contribution < -0.4 is 10.2 Å². The molecule has 2 aromatic carbocycles. The second-order valence-electron chi connectivity index (χ2n) is 7.23. The summed E-state index contributed by atoms with van der Waals surface area (Å²) in [5.41, 5.74) is 5.14. The molecule has 28 heavy (non-hydrogen) atoms. The Morgan fingerprint density at radius 2 is 1.93 bits per heavy atom. The number of nitrogens with one attached hydrogen (secondary N) is 2. The normalized spacial score (nSPS) is 13.1. The Hall–Kier alpha value is -3.34. The lowest BCUT2D eigenvalue weighted by atomic mass is 10.1. The molecule has 0 unspecified atom stereocenters. The van der Waals surface area contributed by atoms with Gasteiger partial charge in [-0.15, -0.1) is 0 Å². The number of para-hydroxylation sites is 2. The van der Waals surface area contributed by atoms with E-state index in [1.54, 1.807) is 0 Å². The summed E-state index contributed by atoms with van der Waals surface area (Å²) in [6, 6.07) is 19.0. The maximum Gasteiger partial charge on any atom is 0.138 e. The number of nitrogens with zero attached hydrogens (tertiary/aromatic N) is 3. The van der Waals surface area contributed by atoms with Gasteiger partial charge in [-0.3, -0.25) is 0 Å². The van der Waals surface area contributed by atoms with E-state index in [1.807, 2.05) is 6.92 Å². The number of aromatic amines is 1. The quantitative estimate of drug-likeness (QED) is 0.539. The van der Waals surface area contributed by atoms with E-state index in [0.29, 0.717) is 0 Å². The van der Waals surface area contributed by atoms with Crippen LogP contribution in [0.3, 0.4) is 0 Å². The number of H-pyrrole nitrogens is 1. The van der Waals surface area contributed by atoms with Gasteiger partial charge in [-0.25, -0.2) is 9.97 Å². The molecule has 0 amide bonds. The Balaban J connectivity index is 1.33. The van der Waals surface area contributed by atoms with E-state index in [1.165, 1.54) is 27.7 Å². The van der Waals surface area contributed by atoms with E-state index in [9.17, 15) is 0 Å². The lowest BCUT2D eigenvalue weighted by Gasteiger charge is -2.19. The first kappa shape index (κ1) is 16.8. The Labute approximate surface area is 164 Å². The van der Waals surface area contributed by atoms with Gasteiger partial charge >= 0.3 is 0 Å². The SMILES string of the molecule is Cc1nc(NCCc2c[nH]c3ccccc23)cc(N2CCc3ccccc32)n1. The number of hydrogen-bond donors (Lipinski definition) is 2. The summed E-state index contributed by atoms with van der Waals surface area (Å²) in [7, 11) is 0. The molecule has 0 saturated heterocycles. The van der Waals surface area contributed by atoms with E-state index in [0.717, 1.165) is 43.4 Å². The van der Waals surface area contributed by atoms with Crippen LogP contribution in [-0.2, 0) is 12.8 Å². The van der Waals surface area contributed by atoms with Crippen molar-refractivity contribution in [2.75, 3.05) is 23.3 Å². The molecule has 5 nitrogen and oxygen atoms in total. The molecule has 0 fully saturated rings. The van der Waals surface area contributed by atoms with E-state index >= 15 is 0 Å². The molecular weight excluding hydrogens is 346 g/mol. The fraction of sp³-hybridized carbons (Fsp3) is 0.217. The molecule has 1 aliphatic rings. The number of hydrogen-bond acceptors (Lipinski definition) is 4. The zero-order valence-corrected chi connectivity index (χ0v) is 15.9. The lowest BCUT2D eigenvalue weighted by Crippen LogP contribution is -2.16. The molecule has 0 atom stereocenters. The van der Waals surface area contributed by atoms with Crippen LogP contribution in [-0.4, -0.2) is 28.0 Å². The van der Waals surface area contributed by atoms with Crippen molar-refractivity contribution in [1.82, 2.24) is 15.0 Å². The first-order valence-electron chi connectivity index (χ1n) is 9.78. The van der Waals surface area contributed by atoms with Gasteiger partial charge in [0, 0.05) is 41.9 Å². The molecule has 3 heterocycles. The molecule has 0 bridgehead atoms. The second-order valence-corrected chi connectivity index (χ2v) is 7.23. The van der Waals surface area contributed by atoms with Gasteiger partial charge in [0.15, 0.2) is 0 Å². The molecule has 2 aromatic heterocycles. The van der Waals surface area contributed by atoms with Gasteiger partial charge in [0.05, 0.1) is 0 Å². The minimum Gasteiger partial charge on any atom is -0.370 e. The molecule has 0 aliphatic carbocycles. The Bertz CT molecular complexity index is 1130. The van der Waals surface area contributed by atoms with E-state index < -0.39 is 0 Å². The third kappa shape index (κ3) is 3.09. The minimum absolute atomic E-state index is 0.788. The number of anilines is 3. The van der Waals surface area contributed by atoms with Crippen molar-refractivity contribution < 1.29 is 0 Å². The van der Waals surface area contributed by atoms with Gasteiger partial charge in [-0.05, 0) is 43.0 Å². The number of aromatic nitrogens is 3. The van der Waals surface area contributed by atoms with Crippen LogP contribution in [0.4, 0.5) is 17.3 Å². The molecule has 5 heteroatoms. The Morgan fingerprint density at radius 3 is 2.89 bits per heavy atom. The summed E-state index contributed by atoms with van der Waals surface area (Å²) in [4.78, 5) is 14.9. The third-order valence-corrected chi connectivity index (χ3v) is 5.36. The summed E-state index contributed by atoms with van der Waals surface area (Å²) < 4.78 is 0. The standard InChI is InChI=1S/C23H23N5/c1-16-26-22(24-12-10-18-15-25-20-8-4-3-7-19(18)20)14-23(27-16)28-13-11-17-6-2-5-9-21(17)28/h2-9,14-15,25H,10-13H2,1H3,(H,24,26,27). The van der Waals surface area contributed by atoms with Gasteiger partial charge in [0.2, 0.25) is 0 Å². The van der Waals surface area contributed by atoms with Crippen LogP contribution in [0.5, 0.6) is 0 Å². The summed E-state index contributed by atoms with van der Waals surface area (Å²) in [6.07, 6.45) is 4.10. The van der Waals surface area contributed by atoms with Crippen LogP contribution in [0.2, 0.25) is 0 Å². The second kappa shape index (κ2) is 7.00. The summed E-state index contributed by atoms with van der Waals surface area (Å²) in [5, 5.41) is 4.77. The highest BCUT2D eigenvalue weighted by Gasteiger charge is 2.21. The van der Waals surface area contributed by atoms with Crippen LogP contribution in [0.25, 0.3) is 10.9 Å². The first-order valence-corrected chi connectivity index (χ1v) is 9.78. The minimum atomic E-state index is 0.788. The number of aryl methyl sites for hydroxylation is 1. The fourth-order valence-corrected chi connectivity index (χ4v) is 4.02. The molecule has 1 aliphatic heterocycles. The van der Waals surface area contributed by atoms with E-state index in [-0.39, 0.29) is 0 Å². The average Bonchev–Trinajstić information content (AvgIpc) is 3.32. The van der Waals surface area contributed by atoms with E-state index in [4.69, 9.17) is 0 Å². The van der Waals surface area contributed by atoms with Crippen molar-refractivity contribution in [2.24, 2.45) is 0 Å². The molecule has 0 radical (unpaired) electrons. The Morgan fingerprint density at radius 1 is 1.07 bits per heavy atom. The van der Waals surface area contributed by atoms with Crippen molar-refractivity contribution >= 4 is 28.2 Å². The highest BCUT2D eigenvalue weighted by Crippen LogP contribution is 2.33. The van der Waals surface area contributed by atoms with Crippen molar-refractivity contribution in [1.29, 1.82) is 0 Å². The fourth-order valence-electron chi connectivity index (χ4n) is 4.02. The van der Waals surface area contributed by atoms with Crippen LogP contribution in [0.1, 0.15) is 17.0 Å². The first-order chi connectivity index (χ1) is 13.8. The predicted octanol–water partition coefficient (Wildman–Crippen LogP) is 4.62. The number of fused-ring (bicyclic) bond motifs is 2. The van der Waals surface area contributed by atoms with Crippen molar-refractivity contribution in [3.05, 3.63) is 77.7 Å². The van der Waals surface area contributed by atoms with Crippen LogP contribution in [0.15, 0.2) is 60.8 Å². The third-order valence-electron chi connectivity index (χ3n) is 5.36. The van der Waals surface area contributed by atoms with Crippen LogP contribution in [0, 0.1) is 6.92 Å². The maximum absolute atomic E-state index is 4.68. The predicted molar refractivity (Wildman–Crippen MR) is 114 cm³/mol. The Kier molecular flexibility index (Phi) is 4.20. The zero-order valence-electron chi connectivity index (χ0n) is 15.9. The summed E-state index contributed by atoms with van der Waals surface area (Å²) in [5.74, 6) is 2.63. The number of benzene rings is 2.